The van der Waals surface area contributed by atoms with Crippen LogP contribution in [0.25, 0.3) is 0 Å². The van der Waals surface area contributed by atoms with E-state index in [1.807, 2.05) is 12.3 Å². The molecule has 1 aliphatic rings. The third kappa shape index (κ3) is 2.40. The van der Waals surface area contributed by atoms with Gasteiger partial charge in [-0.15, -0.1) is 0 Å². The first-order valence-electron chi connectivity index (χ1n) is 6.75. The summed E-state index contributed by atoms with van der Waals surface area (Å²) >= 11 is 0. The van der Waals surface area contributed by atoms with Crippen LogP contribution in [0.4, 0.5) is 5.69 Å². The monoisotopic (exact) mass is 241 g/mol. The Hall–Kier alpha value is -1.77. The Bertz CT molecular complexity index is 483. The minimum absolute atomic E-state index is 0.618. The van der Waals surface area contributed by atoms with Crippen molar-refractivity contribution in [3.05, 3.63) is 48.3 Å². The zero-order valence-electron chi connectivity index (χ0n) is 10.5. The first kappa shape index (κ1) is 11.3. The molecule has 0 radical (unpaired) electrons. The topological polar surface area (TPSA) is 29.9 Å². The van der Waals surface area contributed by atoms with E-state index < -0.39 is 0 Å². The van der Waals surface area contributed by atoms with Crippen LogP contribution in [-0.2, 0) is 6.54 Å². The predicted molar refractivity (Wildman–Crippen MR) is 73.5 cm³/mol. The minimum Gasteiger partial charge on any atom is -0.379 e. The minimum atomic E-state index is 0.618. The van der Waals surface area contributed by atoms with Gasteiger partial charge in [-0.25, -0.2) is 0 Å². The summed E-state index contributed by atoms with van der Waals surface area (Å²) in [6.45, 7) is 0.848. The van der Waals surface area contributed by atoms with Crippen molar-refractivity contribution < 1.29 is 0 Å². The second-order valence-corrected chi connectivity index (χ2v) is 4.92. The highest BCUT2D eigenvalue weighted by atomic mass is 15.3. The van der Waals surface area contributed by atoms with E-state index in [-0.39, 0.29) is 0 Å². The molecule has 1 fully saturated rings. The Balaban J connectivity index is 1.68. The average Bonchev–Trinajstić information content (AvgIpc) is 3.08. The summed E-state index contributed by atoms with van der Waals surface area (Å²) in [6.07, 6.45) is 7.16. The lowest BCUT2D eigenvalue weighted by atomic mass is 10.2. The molecule has 0 saturated heterocycles. The van der Waals surface area contributed by atoms with Gasteiger partial charge in [0.15, 0.2) is 0 Å². The highest BCUT2D eigenvalue weighted by Gasteiger charge is 2.19. The van der Waals surface area contributed by atoms with Crippen LogP contribution in [0.2, 0.25) is 0 Å². The number of rotatable bonds is 4. The molecule has 0 aliphatic heterocycles. The van der Waals surface area contributed by atoms with Gasteiger partial charge in [0, 0.05) is 11.9 Å². The van der Waals surface area contributed by atoms with Crippen molar-refractivity contribution >= 4 is 5.69 Å². The SMILES string of the molecule is c1ccc(NCc2ccnn2C2CCCC2)cc1. The molecule has 3 heteroatoms. The van der Waals surface area contributed by atoms with E-state index in [1.54, 1.807) is 0 Å². The van der Waals surface area contributed by atoms with Crippen LogP contribution < -0.4 is 5.32 Å². The summed E-state index contributed by atoms with van der Waals surface area (Å²) in [5.41, 5.74) is 2.45. The van der Waals surface area contributed by atoms with Gasteiger partial charge in [0.1, 0.15) is 0 Å². The Morgan fingerprint density at radius 3 is 2.67 bits per heavy atom. The van der Waals surface area contributed by atoms with Gasteiger partial charge < -0.3 is 5.32 Å². The first-order chi connectivity index (χ1) is 8.93. The van der Waals surface area contributed by atoms with E-state index in [9.17, 15) is 0 Å². The molecular formula is C15H19N3. The van der Waals surface area contributed by atoms with Crippen molar-refractivity contribution in [2.75, 3.05) is 5.32 Å². The van der Waals surface area contributed by atoms with Gasteiger partial charge >= 0.3 is 0 Å². The van der Waals surface area contributed by atoms with Crippen molar-refractivity contribution in [2.45, 2.75) is 38.3 Å². The van der Waals surface area contributed by atoms with Crippen LogP contribution in [0.1, 0.15) is 37.4 Å². The van der Waals surface area contributed by atoms with Crippen molar-refractivity contribution in [1.82, 2.24) is 9.78 Å². The molecule has 1 heterocycles. The third-order valence-corrected chi connectivity index (χ3v) is 3.67. The molecule has 18 heavy (non-hydrogen) atoms. The summed E-state index contributed by atoms with van der Waals surface area (Å²) in [7, 11) is 0. The van der Waals surface area contributed by atoms with E-state index in [4.69, 9.17) is 0 Å². The number of nitrogens with zero attached hydrogens (tertiary/aromatic N) is 2. The number of hydrogen-bond donors (Lipinski definition) is 1. The number of aromatic nitrogens is 2. The molecule has 1 saturated carbocycles. The van der Waals surface area contributed by atoms with E-state index >= 15 is 0 Å². The molecule has 0 bridgehead atoms. The first-order valence-corrected chi connectivity index (χ1v) is 6.75. The van der Waals surface area contributed by atoms with Crippen molar-refractivity contribution in [2.24, 2.45) is 0 Å². The smallest absolute Gasteiger partial charge is 0.0578 e. The van der Waals surface area contributed by atoms with Gasteiger partial charge in [0.25, 0.3) is 0 Å². The summed E-state index contributed by atoms with van der Waals surface area (Å²) in [5.74, 6) is 0. The van der Waals surface area contributed by atoms with Gasteiger partial charge in [0.05, 0.1) is 18.3 Å². The Morgan fingerprint density at radius 1 is 1.11 bits per heavy atom. The number of nitrogens with one attached hydrogen (secondary N) is 1. The van der Waals surface area contributed by atoms with Gasteiger partial charge in [-0.3, -0.25) is 4.68 Å². The fraction of sp³-hybridized carbons (Fsp3) is 0.400. The quantitative estimate of drug-likeness (QED) is 0.886. The molecular weight excluding hydrogens is 222 g/mol. The summed E-state index contributed by atoms with van der Waals surface area (Å²) in [6, 6.07) is 13.1. The van der Waals surface area contributed by atoms with Crippen LogP contribution in [0, 0.1) is 0 Å². The lowest BCUT2D eigenvalue weighted by Gasteiger charge is -2.15. The fourth-order valence-electron chi connectivity index (χ4n) is 2.71. The highest BCUT2D eigenvalue weighted by molar-refractivity contribution is 5.42. The lowest BCUT2D eigenvalue weighted by molar-refractivity contribution is 0.452. The van der Waals surface area contributed by atoms with E-state index in [0.29, 0.717) is 6.04 Å². The molecule has 1 aromatic heterocycles. The number of hydrogen-bond acceptors (Lipinski definition) is 2. The van der Waals surface area contributed by atoms with Gasteiger partial charge in [-0.05, 0) is 31.0 Å². The Labute approximate surface area is 108 Å². The number of benzene rings is 1. The maximum absolute atomic E-state index is 4.49. The molecule has 1 aliphatic carbocycles. The fourth-order valence-corrected chi connectivity index (χ4v) is 2.71. The standard InChI is InChI=1S/C15H19N3/c1-2-6-13(7-3-1)16-12-15-10-11-17-18(15)14-8-4-5-9-14/h1-3,6-7,10-11,14,16H,4-5,8-9,12H2. The van der Waals surface area contributed by atoms with Crippen LogP contribution in [0.3, 0.4) is 0 Å². The second kappa shape index (κ2) is 5.25. The molecule has 94 valence electrons. The molecule has 0 atom stereocenters. The summed E-state index contributed by atoms with van der Waals surface area (Å²) < 4.78 is 2.21. The third-order valence-electron chi connectivity index (χ3n) is 3.67. The average molecular weight is 241 g/mol. The normalized spacial score (nSPS) is 16.0. The molecule has 1 aromatic carbocycles. The highest BCUT2D eigenvalue weighted by Crippen LogP contribution is 2.29. The Morgan fingerprint density at radius 2 is 1.89 bits per heavy atom. The molecule has 0 unspecified atom stereocenters. The number of anilines is 1. The van der Waals surface area contributed by atoms with E-state index in [0.717, 1.165) is 12.2 Å². The molecule has 0 amide bonds. The van der Waals surface area contributed by atoms with Crippen LogP contribution in [0.5, 0.6) is 0 Å². The molecule has 1 N–H and O–H groups in total. The van der Waals surface area contributed by atoms with Gasteiger partial charge in [0.2, 0.25) is 0 Å². The molecule has 0 spiro atoms. The van der Waals surface area contributed by atoms with Crippen LogP contribution in [0.15, 0.2) is 42.6 Å². The van der Waals surface area contributed by atoms with E-state index in [2.05, 4.69) is 45.4 Å². The van der Waals surface area contributed by atoms with Crippen molar-refractivity contribution in [3.8, 4) is 0 Å². The largest absolute Gasteiger partial charge is 0.379 e. The summed E-state index contributed by atoms with van der Waals surface area (Å²) in [4.78, 5) is 0. The molecule has 2 aromatic rings. The second-order valence-electron chi connectivity index (χ2n) is 4.92. The number of para-hydroxylation sites is 1. The lowest BCUT2D eigenvalue weighted by Crippen LogP contribution is -2.13. The zero-order valence-corrected chi connectivity index (χ0v) is 10.5. The molecule has 3 rings (SSSR count). The van der Waals surface area contributed by atoms with Gasteiger partial charge in [-0.2, -0.15) is 5.10 Å². The van der Waals surface area contributed by atoms with Crippen LogP contribution in [-0.4, -0.2) is 9.78 Å². The van der Waals surface area contributed by atoms with Gasteiger partial charge in [-0.1, -0.05) is 31.0 Å². The molecule has 3 nitrogen and oxygen atoms in total. The maximum Gasteiger partial charge on any atom is 0.0578 e. The Kier molecular flexibility index (Phi) is 3.31. The van der Waals surface area contributed by atoms with Crippen molar-refractivity contribution in [3.63, 3.8) is 0 Å². The van der Waals surface area contributed by atoms with Crippen molar-refractivity contribution in [1.29, 1.82) is 0 Å². The summed E-state index contributed by atoms with van der Waals surface area (Å²) in [5, 5.41) is 7.94. The predicted octanol–water partition coefficient (Wildman–Crippen LogP) is 3.61. The maximum atomic E-state index is 4.49. The van der Waals surface area contributed by atoms with Crippen LogP contribution >= 0.6 is 0 Å². The van der Waals surface area contributed by atoms with E-state index in [1.165, 1.54) is 31.4 Å². The zero-order chi connectivity index (χ0) is 12.2.